The zero-order valence-electron chi connectivity index (χ0n) is 16.0. The third kappa shape index (κ3) is 7.25. The number of aryl methyl sites for hydroxylation is 1. The van der Waals surface area contributed by atoms with E-state index in [9.17, 15) is 22.4 Å². The van der Waals surface area contributed by atoms with E-state index in [1.54, 1.807) is 43.3 Å². The molecule has 0 bridgehead atoms. The molecule has 29 heavy (non-hydrogen) atoms. The molecule has 0 fully saturated rings. The second-order valence-electron chi connectivity index (χ2n) is 6.73. The van der Waals surface area contributed by atoms with Gasteiger partial charge in [-0.15, -0.1) is 0 Å². The van der Waals surface area contributed by atoms with E-state index in [4.69, 9.17) is 0 Å². The van der Waals surface area contributed by atoms with Gasteiger partial charge >= 0.3 is 0 Å². The Bertz CT molecular complexity index is 1010. The first-order chi connectivity index (χ1) is 13.6. The monoisotopic (exact) mass is 484 g/mol. The van der Waals surface area contributed by atoms with Crippen LogP contribution < -0.4 is 10.6 Å². The fourth-order valence-corrected chi connectivity index (χ4v) is 3.67. The summed E-state index contributed by atoms with van der Waals surface area (Å²) >= 11 is 3.28. The largest absolute Gasteiger partial charge is 0.350 e. The topological polar surface area (TPSA) is 92.3 Å². The van der Waals surface area contributed by atoms with Crippen molar-refractivity contribution in [3.05, 3.63) is 69.4 Å². The van der Waals surface area contributed by atoms with Gasteiger partial charge in [-0.25, -0.2) is 12.8 Å². The lowest BCUT2D eigenvalue weighted by molar-refractivity contribution is -0.123. The first-order valence-corrected chi connectivity index (χ1v) is 11.7. The van der Waals surface area contributed by atoms with Gasteiger partial charge < -0.3 is 10.6 Å². The van der Waals surface area contributed by atoms with Gasteiger partial charge in [0.2, 0.25) is 5.91 Å². The smallest absolute Gasteiger partial charge is 0.253 e. The van der Waals surface area contributed by atoms with Gasteiger partial charge in [-0.1, -0.05) is 24.3 Å². The quantitative estimate of drug-likeness (QED) is 0.602. The molecular formula is C20H22BrFN2O4S. The number of halogens is 2. The van der Waals surface area contributed by atoms with Crippen molar-refractivity contribution in [2.75, 3.05) is 12.0 Å². The van der Waals surface area contributed by atoms with Crippen molar-refractivity contribution in [2.24, 2.45) is 0 Å². The van der Waals surface area contributed by atoms with Crippen LogP contribution in [0.3, 0.4) is 0 Å². The molecule has 0 radical (unpaired) electrons. The molecule has 2 amide bonds. The molecule has 2 aromatic rings. The Morgan fingerprint density at radius 2 is 1.86 bits per heavy atom. The lowest BCUT2D eigenvalue weighted by Gasteiger charge is -2.19. The Hall–Kier alpha value is -2.26. The molecule has 0 aromatic heterocycles. The summed E-state index contributed by atoms with van der Waals surface area (Å²) in [6, 6.07) is 10.2. The minimum Gasteiger partial charge on any atom is -0.350 e. The molecule has 0 aliphatic carbocycles. The van der Waals surface area contributed by atoms with Crippen LogP contribution in [0.1, 0.15) is 27.9 Å². The van der Waals surface area contributed by atoms with Crippen molar-refractivity contribution in [1.82, 2.24) is 10.6 Å². The number of hydrogen-bond acceptors (Lipinski definition) is 4. The standard InChI is InChI=1S/C20H22BrFN2O4S/c1-13-7-8-14(11-17(13)22)12-23-20(26)18(9-10-29(2,27)28)24-19(25)15-5-3-4-6-16(15)21/h3-8,11,18H,9-10,12H2,1-2H3,(H,23,26)(H,24,25). The van der Waals surface area contributed by atoms with Gasteiger partial charge in [0.25, 0.3) is 5.91 Å². The Morgan fingerprint density at radius 3 is 2.48 bits per heavy atom. The van der Waals surface area contributed by atoms with E-state index >= 15 is 0 Å². The van der Waals surface area contributed by atoms with E-state index in [0.717, 1.165) is 6.26 Å². The molecule has 9 heteroatoms. The van der Waals surface area contributed by atoms with Crippen LogP contribution in [0.5, 0.6) is 0 Å². The molecular weight excluding hydrogens is 463 g/mol. The van der Waals surface area contributed by atoms with Crippen molar-refractivity contribution in [3.63, 3.8) is 0 Å². The van der Waals surface area contributed by atoms with E-state index < -0.39 is 27.7 Å². The van der Waals surface area contributed by atoms with Crippen LogP contribution in [-0.4, -0.2) is 38.3 Å². The summed E-state index contributed by atoms with van der Waals surface area (Å²) in [6.45, 7) is 1.69. The van der Waals surface area contributed by atoms with Gasteiger partial charge in [-0.05, 0) is 58.6 Å². The summed E-state index contributed by atoms with van der Waals surface area (Å²) < 4.78 is 37.3. The molecule has 0 aliphatic rings. The minimum atomic E-state index is -3.33. The van der Waals surface area contributed by atoms with Crippen molar-refractivity contribution < 1.29 is 22.4 Å². The maximum Gasteiger partial charge on any atom is 0.253 e. The highest BCUT2D eigenvalue weighted by Crippen LogP contribution is 2.16. The Kier molecular flexibility index (Phi) is 7.92. The highest BCUT2D eigenvalue weighted by Gasteiger charge is 2.23. The van der Waals surface area contributed by atoms with Crippen LogP contribution in [0, 0.1) is 12.7 Å². The summed E-state index contributed by atoms with van der Waals surface area (Å²) in [7, 11) is -3.33. The highest BCUT2D eigenvalue weighted by atomic mass is 79.9. The second kappa shape index (κ2) is 9.98. The number of hydrogen-bond donors (Lipinski definition) is 2. The van der Waals surface area contributed by atoms with E-state index in [1.165, 1.54) is 6.07 Å². The highest BCUT2D eigenvalue weighted by molar-refractivity contribution is 9.10. The summed E-state index contributed by atoms with van der Waals surface area (Å²) in [5.41, 5.74) is 1.37. The molecule has 0 spiro atoms. The van der Waals surface area contributed by atoms with Crippen LogP contribution >= 0.6 is 15.9 Å². The molecule has 2 N–H and O–H groups in total. The average Bonchev–Trinajstić information content (AvgIpc) is 2.65. The van der Waals surface area contributed by atoms with Crippen molar-refractivity contribution in [1.29, 1.82) is 0 Å². The third-order valence-electron chi connectivity index (χ3n) is 4.22. The number of amides is 2. The number of sulfone groups is 1. The van der Waals surface area contributed by atoms with Crippen molar-refractivity contribution in [2.45, 2.75) is 25.9 Å². The van der Waals surface area contributed by atoms with Crippen LogP contribution in [-0.2, 0) is 21.2 Å². The lowest BCUT2D eigenvalue weighted by Crippen LogP contribution is -2.47. The van der Waals surface area contributed by atoms with Gasteiger partial charge in [0.05, 0.1) is 11.3 Å². The maximum absolute atomic E-state index is 13.7. The van der Waals surface area contributed by atoms with Gasteiger partial charge in [-0.3, -0.25) is 9.59 Å². The number of nitrogens with one attached hydrogen (secondary N) is 2. The lowest BCUT2D eigenvalue weighted by atomic mass is 10.1. The van der Waals surface area contributed by atoms with Gasteiger partial charge in [0.15, 0.2) is 0 Å². The number of rotatable bonds is 8. The SMILES string of the molecule is Cc1ccc(CNC(=O)C(CCS(C)(=O)=O)NC(=O)c2ccccc2Br)cc1F. The van der Waals surface area contributed by atoms with Crippen LogP contribution in [0.25, 0.3) is 0 Å². The fourth-order valence-electron chi connectivity index (χ4n) is 2.54. The van der Waals surface area contributed by atoms with Gasteiger partial charge in [0, 0.05) is 17.3 Å². The first kappa shape index (κ1) is 23.0. The van der Waals surface area contributed by atoms with Crippen molar-refractivity contribution in [3.8, 4) is 0 Å². The van der Waals surface area contributed by atoms with Crippen LogP contribution in [0.4, 0.5) is 4.39 Å². The van der Waals surface area contributed by atoms with E-state index in [1.807, 2.05) is 0 Å². The normalized spacial score (nSPS) is 12.3. The summed E-state index contributed by atoms with van der Waals surface area (Å²) in [5, 5.41) is 5.21. The molecule has 6 nitrogen and oxygen atoms in total. The molecule has 156 valence electrons. The Labute approximate surface area is 177 Å². The molecule has 1 atom stereocenters. The number of carbonyl (C=O) groups is 2. The van der Waals surface area contributed by atoms with Gasteiger partial charge in [-0.2, -0.15) is 0 Å². The predicted octanol–water partition coefficient (Wildman–Crippen LogP) is 2.75. The fraction of sp³-hybridized carbons (Fsp3) is 0.300. The molecule has 0 heterocycles. The zero-order valence-corrected chi connectivity index (χ0v) is 18.4. The van der Waals surface area contributed by atoms with Crippen molar-refractivity contribution >= 4 is 37.6 Å². The van der Waals surface area contributed by atoms with E-state index in [2.05, 4.69) is 26.6 Å². The Morgan fingerprint density at radius 1 is 1.17 bits per heavy atom. The molecule has 0 aliphatic heterocycles. The maximum atomic E-state index is 13.7. The van der Waals surface area contributed by atoms with E-state index in [0.29, 0.717) is 21.2 Å². The number of carbonyl (C=O) groups excluding carboxylic acids is 2. The third-order valence-corrected chi connectivity index (χ3v) is 5.89. The first-order valence-electron chi connectivity index (χ1n) is 8.82. The molecule has 0 saturated heterocycles. The molecule has 2 aromatic carbocycles. The number of benzene rings is 2. The summed E-state index contributed by atoms with van der Waals surface area (Å²) in [5.74, 6) is -1.70. The predicted molar refractivity (Wildman–Crippen MR) is 113 cm³/mol. The van der Waals surface area contributed by atoms with Gasteiger partial charge in [0.1, 0.15) is 21.7 Å². The van der Waals surface area contributed by atoms with E-state index in [-0.39, 0.29) is 24.5 Å². The average molecular weight is 485 g/mol. The Balaban J connectivity index is 2.11. The van der Waals surface area contributed by atoms with Crippen LogP contribution in [0.15, 0.2) is 46.9 Å². The molecule has 1 unspecified atom stereocenters. The van der Waals surface area contributed by atoms with Crippen LogP contribution in [0.2, 0.25) is 0 Å². The summed E-state index contributed by atoms with van der Waals surface area (Å²) in [4.78, 5) is 25.2. The zero-order chi connectivity index (χ0) is 21.6. The summed E-state index contributed by atoms with van der Waals surface area (Å²) in [6.07, 6.45) is 0.982. The second-order valence-corrected chi connectivity index (χ2v) is 9.84. The molecule has 0 saturated carbocycles. The molecule has 2 rings (SSSR count). The minimum absolute atomic E-state index is 0.0519.